The Labute approximate surface area is 227 Å². The molecule has 1 heterocycles. The van der Waals surface area contributed by atoms with E-state index in [-0.39, 0.29) is 18.8 Å². The second-order valence-corrected chi connectivity index (χ2v) is 9.78. The summed E-state index contributed by atoms with van der Waals surface area (Å²) in [5, 5.41) is 34.9. The molecular weight excluding hydrogens is 488 g/mol. The fourth-order valence-electron chi connectivity index (χ4n) is 5.04. The third kappa shape index (κ3) is 5.97. The van der Waals surface area contributed by atoms with Crippen molar-refractivity contribution in [2.24, 2.45) is 5.92 Å². The van der Waals surface area contributed by atoms with Gasteiger partial charge in [-0.3, -0.25) is 15.2 Å². The van der Waals surface area contributed by atoms with Gasteiger partial charge in [0.05, 0.1) is 17.7 Å². The molecule has 39 heavy (non-hydrogen) atoms. The van der Waals surface area contributed by atoms with Crippen LogP contribution in [0.15, 0.2) is 109 Å². The molecule has 2 atom stereocenters. The van der Waals surface area contributed by atoms with Crippen molar-refractivity contribution >= 4 is 17.5 Å². The van der Waals surface area contributed by atoms with Crippen LogP contribution in [0.2, 0.25) is 0 Å². The van der Waals surface area contributed by atoms with Crippen molar-refractivity contribution in [3.05, 3.63) is 131 Å². The van der Waals surface area contributed by atoms with Crippen LogP contribution in [0, 0.1) is 5.92 Å². The maximum atomic E-state index is 12.1. The summed E-state index contributed by atoms with van der Waals surface area (Å²) < 4.78 is 0. The summed E-state index contributed by atoms with van der Waals surface area (Å²) in [6.07, 6.45) is 0.0337. The van der Waals surface area contributed by atoms with Crippen LogP contribution in [0.25, 0.3) is 22.7 Å². The van der Waals surface area contributed by atoms with Gasteiger partial charge in [-0.1, -0.05) is 103 Å². The fraction of sp³-hybridized carbons (Fsp3) is 0.182. The van der Waals surface area contributed by atoms with E-state index in [1.165, 1.54) is 0 Å². The lowest BCUT2D eigenvalue weighted by molar-refractivity contribution is -0.146. The van der Waals surface area contributed by atoms with Crippen molar-refractivity contribution in [2.45, 2.75) is 25.4 Å². The zero-order valence-electron chi connectivity index (χ0n) is 21.6. The van der Waals surface area contributed by atoms with Crippen molar-refractivity contribution in [2.75, 3.05) is 6.54 Å². The Kier molecular flexibility index (Phi) is 7.94. The molecule has 5 rings (SSSR count). The number of benzene rings is 4. The Balaban J connectivity index is 1.25. The molecule has 4 N–H and O–H groups in total. The normalized spacial score (nSPS) is 14.3. The number of aliphatic hydroxyl groups is 2. The Hall–Kier alpha value is -4.55. The smallest absolute Gasteiger partial charge is 0.309 e. The standard InChI is InChI=1S/C33H32N2O4/c36-30(20-17-23-15-18-25(19-16-23)24-9-3-1-4-10-24)29(33(38)39)21-22-35-32(37)28-14-8-7-13-27(28)31(34-35)26-11-5-2-6-12-26/h1-16,18-19,29-30,34,36-37H,17,20-22H2,(H,38,39). The molecule has 0 amide bonds. The fourth-order valence-corrected chi connectivity index (χ4v) is 5.04. The molecule has 2 unspecified atom stereocenters. The topological polar surface area (TPSA) is 93.0 Å². The molecule has 1 aliphatic heterocycles. The first-order chi connectivity index (χ1) is 19.0. The molecule has 0 aliphatic carbocycles. The predicted octanol–water partition coefficient (Wildman–Crippen LogP) is 4.04. The van der Waals surface area contributed by atoms with Gasteiger partial charge in [-0.2, -0.15) is 0 Å². The number of rotatable bonds is 10. The zero-order valence-corrected chi connectivity index (χ0v) is 21.6. The number of carbonyl (C=O) groups is 1. The highest BCUT2D eigenvalue weighted by molar-refractivity contribution is 5.71. The van der Waals surface area contributed by atoms with Crippen molar-refractivity contribution in [1.82, 2.24) is 10.4 Å². The number of nitrogens with zero attached hydrogens (tertiary/aromatic N) is 1. The average Bonchev–Trinajstić information content (AvgIpc) is 2.98. The van der Waals surface area contributed by atoms with Gasteiger partial charge in [0.25, 0.3) is 0 Å². The molecular formula is C33H32N2O4. The second kappa shape index (κ2) is 11.9. The van der Waals surface area contributed by atoms with Crippen LogP contribution in [-0.2, 0) is 11.2 Å². The molecule has 4 aromatic rings. The van der Waals surface area contributed by atoms with Gasteiger partial charge in [0.1, 0.15) is 0 Å². The molecule has 6 nitrogen and oxygen atoms in total. The lowest BCUT2D eigenvalue weighted by Gasteiger charge is -2.31. The number of hydrogen-bond donors (Lipinski definition) is 4. The molecule has 0 radical (unpaired) electrons. The number of carboxylic acid groups (broad SMARTS) is 1. The SMILES string of the molecule is O=C(O)C(CCN1NC(c2ccccc2)=c2ccccc2=C1O)C(O)CCc1ccc(-c2ccccc2)cc1. The lowest BCUT2D eigenvalue weighted by Crippen LogP contribution is -2.50. The minimum atomic E-state index is -1.05. The summed E-state index contributed by atoms with van der Waals surface area (Å²) in [4.78, 5) is 12.1. The number of carboxylic acids is 1. The molecule has 0 spiro atoms. The van der Waals surface area contributed by atoms with Crippen LogP contribution >= 0.6 is 0 Å². The van der Waals surface area contributed by atoms with Gasteiger partial charge in [0, 0.05) is 22.5 Å². The quantitative estimate of drug-likeness (QED) is 0.252. The van der Waals surface area contributed by atoms with Crippen LogP contribution < -0.4 is 15.9 Å². The average molecular weight is 521 g/mol. The van der Waals surface area contributed by atoms with E-state index in [0.29, 0.717) is 18.1 Å². The molecule has 4 aromatic carbocycles. The largest absolute Gasteiger partial charge is 0.493 e. The van der Waals surface area contributed by atoms with Crippen LogP contribution in [0.1, 0.15) is 24.0 Å². The number of hydrogen-bond acceptors (Lipinski definition) is 5. The van der Waals surface area contributed by atoms with E-state index in [1.54, 1.807) is 5.01 Å². The highest BCUT2D eigenvalue weighted by Gasteiger charge is 2.28. The van der Waals surface area contributed by atoms with Gasteiger partial charge in [-0.05, 0) is 42.0 Å². The van der Waals surface area contributed by atoms with Gasteiger partial charge in [0.15, 0.2) is 0 Å². The minimum Gasteiger partial charge on any atom is -0.493 e. The summed E-state index contributed by atoms with van der Waals surface area (Å²) in [5.74, 6) is -1.99. The van der Waals surface area contributed by atoms with E-state index < -0.39 is 18.0 Å². The molecule has 1 aliphatic rings. The summed E-state index contributed by atoms with van der Waals surface area (Å²) in [7, 11) is 0. The van der Waals surface area contributed by atoms with Gasteiger partial charge < -0.3 is 15.3 Å². The van der Waals surface area contributed by atoms with E-state index in [9.17, 15) is 20.1 Å². The first-order valence-corrected chi connectivity index (χ1v) is 13.2. The van der Waals surface area contributed by atoms with Crippen LogP contribution in [0.5, 0.6) is 0 Å². The summed E-state index contributed by atoms with van der Waals surface area (Å²) in [6, 6.07) is 35.6. The zero-order chi connectivity index (χ0) is 27.2. The maximum absolute atomic E-state index is 12.1. The van der Waals surface area contributed by atoms with E-state index in [2.05, 4.69) is 17.6 Å². The van der Waals surface area contributed by atoms with Crippen molar-refractivity contribution in [3.8, 4) is 11.1 Å². The van der Waals surface area contributed by atoms with Gasteiger partial charge in [-0.25, -0.2) is 0 Å². The van der Waals surface area contributed by atoms with Crippen molar-refractivity contribution < 1.29 is 20.1 Å². The van der Waals surface area contributed by atoms with E-state index in [1.807, 2.05) is 97.1 Å². The predicted molar refractivity (Wildman–Crippen MR) is 152 cm³/mol. The molecule has 198 valence electrons. The van der Waals surface area contributed by atoms with Crippen molar-refractivity contribution in [1.29, 1.82) is 0 Å². The lowest BCUT2D eigenvalue weighted by atomic mass is 9.93. The van der Waals surface area contributed by atoms with Crippen LogP contribution in [0.4, 0.5) is 0 Å². The van der Waals surface area contributed by atoms with Gasteiger partial charge >= 0.3 is 5.97 Å². The third-order valence-corrected chi connectivity index (χ3v) is 7.24. The van der Waals surface area contributed by atoms with E-state index in [0.717, 1.165) is 33.2 Å². The Morgan fingerprint density at radius 2 is 1.28 bits per heavy atom. The number of fused-ring (bicyclic) bond motifs is 1. The third-order valence-electron chi connectivity index (χ3n) is 7.24. The molecule has 0 aromatic heterocycles. The highest BCUT2D eigenvalue weighted by atomic mass is 16.4. The first-order valence-electron chi connectivity index (χ1n) is 13.2. The molecule has 0 fully saturated rings. The molecule has 0 saturated heterocycles. The van der Waals surface area contributed by atoms with E-state index in [4.69, 9.17) is 0 Å². The van der Waals surface area contributed by atoms with Crippen molar-refractivity contribution in [3.63, 3.8) is 0 Å². The van der Waals surface area contributed by atoms with E-state index >= 15 is 0 Å². The second-order valence-electron chi connectivity index (χ2n) is 9.78. The number of nitrogens with one attached hydrogen (secondary N) is 1. The van der Waals surface area contributed by atoms with Gasteiger partial charge in [-0.15, -0.1) is 0 Å². The highest BCUT2D eigenvalue weighted by Crippen LogP contribution is 2.22. The number of hydrazine groups is 1. The summed E-state index contributed by atoms with van der Waals surface area (Å²) in [6.45, 7) is 0.205. The summed E-state index contributed by atoms with van der Waals surface area (Å²) >= 11 is 0. The number of aliphatic hydroxyl groups excluding tert-OH is 2. The Morgan fingerprint density at radius 3 is 1.92 bits per heavy atom. The molecule has 6 heteroatoms. The monoisotopic (exact) mass is 520 g/mol. The number of aliphatic carboxylic acids is 1. The Morgan fingerprint density at radius 1 is 0.718 bits per heavy atom. The minimum absolute atomic E-state index is 0.0300. The van der Waals surface area contributed by atoms with Gasteiger partial charge in [0.2, 0.25) is 5.88 Å². The van der Waals surface area contributed by atoms with Crippen LogP contribution in [0.3, 0.4) is 0 Å². The molecule has 0 saturated carbocycles. The molecule has 0 bridgehead atoms. The summed E-state index contributed by atoms with van der Waals surface area (Å²) in [5.41, 5.74) is 8.35. The maximum Gasteiger partial charge on any atom is 0.309 e. The first kappa shape index (κ1) is 26.1. The Bertz CT molecular complexity index is 1540. The van der Waals surface area contributed by atoms with Crippen LogP contribution in [-0.4, -0.2) is 38.9 Å². The number of aryl methyl sites for hydroxylation is 1.